The Hall–Kier alpha value is -3.56. The highest BCUT2D eigenvalue weighted by atomic mass is 32.2. The van der Waals surface area contributed by atoms with Crippen molar-refractivity contribution in [1.82, 2.24) is 14.6 Å². The molecule has 1 atom stereocenters. The molecule has 1 saturated heterocycles. The van der Waals surface area contributed by atoms with Crippen LogP contribution in [0.25, 0.3) is 10.1 Å². The maximum Gasteiger partial charge on any atom is 0.491 e. The molecule has 190 valence electrons. The largest absolute Gasteiger partial charge is 0.491 e. The van der Waals surface area contributed by atoms with Gasteiger partial charge in [-0.2, -0.15) is 17.9 Å². The lowest BCUT2D eigenvalue weighted by molar-refractivity contribution is -0.189. The number of hydrogen-bond donors (Lipinski definition) is 3. The zero-order valence-corrected chi connectivity index (χ0v) is 19.8. The van der Waals surface area contributed by atoms with Crippen LogP contribution >= 0.6 is 11.3 Å². The number of carbonyl (C=O) groups excluding carboxylic acids is 2. The molecule has 3 aromatic rings. The molecule has 1 aromatic carbocycles. The number of ether oxygens (including phenoxy) is 1. The van der Waals surface area contributed by atoms with Gasteiger partial charge in [-0.1, -0.05) is 0 Å². The Morgan fingerprint density at radius 3 is 2.72 bits per heavy atom. The van der Waals surface area contributed by atoms with Crippen molar-refractivity contribution in [2.24, 2.45) is 5.73 Å². The molecule has 4 N–H and O–H groups in total. The molecule has 4 rings (SSSR count). The molecule has 10 nitrogen and oxygen atoms in total. The molecule has 0 radical (unpaired) electrons. The summed E-state index contributed by atoms with van der Waals surface area (Å²) in [5.74, 6) is -3.90. The number of alkyl halides is 3. The third kappa shape index (κ3) is 5.32. The highest BCUT2D eigenvalue weighted by Gasteiger charge is 2.42. The van der Waals surface area contributed by atoms with Crippen molar-refractivity contribution in [2.75, 3.05) is 6.54 Å². The maximum atomic E-state index is 12.9. The minimum absolute atomic E-state index is 0.00540. The van der Waals surface area contributed by atoms with E-state index in [1.165, 1.54) is 35.5 Å². The first kappa shape index (κ1) is 25.5. The number of nitrogen functional groups attached to an aromatic ring is 1. The molecule has 1 aliphatic rings. The number of amidine groups is 1. The standard InChI is InChI=1S/C21H18F3N5O5S2/c22-21(23,24)20(31)34-15-2-1-11(18(25)26)7-13(15)10-29-6-4-14(19(29)30)28-36(32,33)17-8-12-9-27-5-3-16(12)35-17/h1-3,5,7-9,14,28H,4,6,10H2,(H3,25,26)/t14-/m0/s1. The lowest BCUT2D eigenvalue weighted by atomic mass is 10.1. The van der Waals surface area contributed by atoms with E-state index in [0.29, 0.717) is 10.1 Å². The molecular weight excluding hydrogens is 523 g/mol. The van der Waals surface area contributed by atoms with Crippen LogP contribution in [0.5, 0.6) is 5.75 Å². The van der Waals surface area contributed by atoms with Gasteiger partial charge in [0.2, 0.25) is 5.91 Å². The van der Waals surface area contributed by atoms with Crippen LogP contribution in [0.1, 0.15) is 17.5 Å². The van der Waals surface area contributed by atoms with E-state index in [9.17, 15) is 31.2 Å². The average Bonchev–Trinajstić information content (AvgIpc) is 3.39. The van der Waals surface area contributed by atoms with Gasteiger partial charge >= 0.3 is 12.1 Å². The van der Waals surface area contributed by atoms with Gasteiger partial charge in [-0.3, -0.25) is 15.2 Å². The number of benzene rings is 1. The van der Waals surface area contributed by atoms with Crippen molar-refractivity contribution in [3.05, 3.63) is 53.9 Å². The van der Waals surface area contributed by atoms with Crippen molar-refractivity contribution in [3.63, 3.8) is 0 Å². The molecular formula is C21H18F3N5O5S2. The lowest BCUT2D eigenvalue weighted by Gasteiger charge is -2.20. The monoisotopic (exact) mass is 541 g/mol. The van der Waals surface area contributed by atoms with E-state index in [4.69, 9.17) is 11.1 Å². The molecule has 0 unspecified atom stereocenters. The van der Waals surface area contributed by atoms with Crippen molar-refractivity contribution < 1.29 is 35.9 Å². The van der Waals surface area contributed by atoms with Crippen LogP contribution < -0.4 is 15.2 Å². The number of nitrogens with one attached hydrogen (secondary N) is 2. The van der Waals surface area contributed by atoms with Crippen LogP contribution in [-0.2, 0) is 26.2 Å². The van der Waals surface area contributed by atoms with Gasteiger partial charge in [0.15, 0.2) is 0 Å². The maximum absolute atomic E-state index is 12.9. The summed E-state index contributed by atoms with van der Waals surface area (Å²) in [7, 11) is -4.04. The number of rotatable bonds is 7. The third-order valence-corrected chi connectivity index (χ3v) is 8.38. The number of sulfonamides is 1. The molecule has 0 spiro atoms. The van der Waals surface area contributed by atoms with E-state index in [0.717, 1.165) is 17.4 Å². The molecule has 0 bridgehead atoms. The van der Waals surface area contributed by atoms with Crippen LogP contribution in [0.3, 0.4) is 0 Å². The van der Waals surface area contributed by atoms with Crippen molar-refractivity contribution >= 4 is 49.2 Å². The van der Waals surface area contributed by atoms with Gasteiger partial charge in [0.05, 0.1) is 0 Å². The molecule has 0 aliphatic carbocycles. The first-order chi connectivity index (χ1) is 16.8. The number of halogens is 3. The predicted octanol–water partition coefficient (Wildman–Crippen LogP) is 2.13. The van der Waals surface area contributed by atoms with Crippen LogP contribution in [0.15, 0.2) is 46.9 Å². The fraction of sp³-hybridized carbons (Fsp3) is 0.238. The van der Waals surface area contributed by atoms with Gasteiger partial charge in [-0.15, -0.1) is 11.3 Å². The Balaban J connectivity index is 1.52. The number of amides is 1. The van der Waals surface area contributed by atoms with Gasteiger partial charge in [0.1, 0.15) is 21.8 Å². The van der Waals surface area contributed by atoms with Crippen molar-refractivity contribution in [3.8, 4) is 5.75 Å². The Bertz CT molecular complexity index is 1440. The first-order valence-electron chi connectivity index (χ1n) is 10.3. The number of pyridine rings is 1. The summed E-state index contributed by atoms with van der Waals surface area (Å²) in [4.78, 5) is 29.4. The SMILES string of the molecule is N=C(N)c1ccc(OC(=O)C(F)(F)F)c(CN2CC[C@H](NS(=O)(=O)c3cc4cnccc4s3)C2=O)c1. The van der Waals surface area contributed by atoms with E-state index in [1.807, 2.05) is 0 Å². The normalized spacial score (nSPS) is 16.5. The number of likely N-dealkylation sites (tertiary alicyclic amines) is 1. The second-order valence-electron chi connectivity index (χ2n) is 7.82. The second-order valence-corrected chi connectivity index (χ2v) is 10.8. The summed E-state index contributed by atoms with van der Waals surface area (Å²) in [6.07, 6.45) is -2.09. The summed E-state index contributed by atoms with van der Waals surface area (Å²) in [6.45, 7) is -0.216. The number of thiophene rings is 1. The summed E-state index contributed by atoms with van der Waals surface area (Å²) >= 11 is 1.02. The van der Waals surface area contributed by atoms with Crippen molar-refractivity contribution in [1.29, 1.82) is 5.41 Å². The predicted molar refractivity (Wildman–Crippen MR) is 123 cm³/mol. The van der Waals surface area contributed by atoms with Gasteiger partial charge in [-0.25, -0.2) is 13.2 Å². The molecule has 15 heteroatoms. The number of nitrogens with two attached hydrogens (primary N) is 1. The summed E-state index contributed by atoms with van der Waals surface area (Å²) in [6, 6.07) is 5.49. The van der Waals surface area contributed by atoms with E-state index in [1.54, 1.807) is 6.07 Å². The Kier molecular flexibility index (Phi) is 6.72. The van der Waals surface area contributed by atoms with E-state index in [2.05, 4.69) is 14.4 Å². The number of nitrogens with zero attached hydrogens (tertiary/aromatic N) is 2. The van der Waals surface area contributed by atoms with Gasteiger partial charge < -0.3 is 15.4 Å². The van der Waals surface area contributed by atoms with Gasteiger partial charge in [0.25, 0.3) is 10.0 Å². The molecule has 1 aliphatic heterocycles. The van der Waals surface area contributed by atoms with Gasteiger partial charge in [0, 0.05) is 46.7 Å². The van der Waals surface area contributed by atoms with E-state index < -0.39 is 39.9 Å². The van der Waals surface area contributed by atoms with Crippen molar-refractivity contribution in [2.45, 2.75) is 29.4 Å². The van der Waals surface area contributed by atoms with Gasteiger partial charge in [-0.05, 0) is 36.8 Å². The molecule has 1 amide bonds. The van der Waals surface area contributed by atoms with Crippen LogP contribution in [0.2, 0.25) is 0 Å². The highest BCUT2D eigenvalue weighted by Crippen LogP contribution is 2.30. The summed E-state index contributed by atoms with van der Waals surface area (Å²) < 4.78 is 71.4. The second kappa shape index (κ2) is 9.48. The van der Waals surface area contributed by atoms with E-state index >= 15 is 0 Å². The van der Waals surface area contributed by atoms with E-state index in [-0.39, 0.29) is 40.7 Å². The lowest BCUT2D eigenvalue weighted by Crippen LogP contribution is -2.41. The Labute approximate surface area is 206 Å². The fourth-order valence-corrected chi connectivity index (χ4v) is 6.18. The van der Waals surface area contributed by atoms with Crippen LogP contribution in [0.4, 0.5) is 13.2 Å². The molecule has 2 aromatic heterocycles. The number of esters is 1. The quantitative estimate of drug-likeness (QED) is 0.179. The smallest absolute Gasteiger partial charge is 0.420 e. The number of fused-ring (bicyclic) bond motifs is 1. The topological polar surface area (TPSA) is 156 Å². The fourth-order valence-electron chi connectivity index (χ4n) is 3.58. The first-order valence-corrected chi connectivity index (χ1v) is 12.6. The Morgan fingerprint density at radius 1 is 1.31 bits per heavy atom. The number of hydrogen-bond acceptors (Lipinski definition) is 8. The summed E-state index contributed by atoms with van der Waals surface area (Å²) in [5.41, 5.74) is 5.58. The van der Waals surface area contributed by atoms with Crippen LogP contribution in [0, 0.1) is 5.41 Å². The minimum Gasteiger partial charge on any atom is -0.420 e. The minimum atomic E-state index is -5.24. The zero-order valence-electron chi connectivity index (χ0n) is 18.2. The molecule has 1 fully saturated rings. The Morgan fingerprint density at radius 2 is 2.06 bits per heavy atom. The zero-order chi connectivity index (χ0) is 26.3. The molecule has 0 saturated carbocycles. The highest BCUT2D eigenvalue weighted by molar-refractivity contribution is 7.91. The van der Waals surface area contributed by atoms with Crippen LogP contribution in [-0.4, -0.2) is 54.8 Å². The number of carbonyl (C=O) groups is 2. The average molecular weight is 542 g/mol. The number of aromatic nitrogens is 1. The third-order valence-electron chi connectivity index (χ3n) is 5.32. The molecule has 36 heavy (non-hydrogen) atoms. The molecule has 3 heterocycles. The summed E-state index contributed by atoms with van der Waals surface area (Å²) in [5, 5.41) is 8.18.